The molecule has 2 unspecified atom stereocenters. The van der Waals surface area contributed by atoms with Crippen molar-refractivity contribution in [3.8, 4) is 0 Å². The van der Waals surface area contributed by atoms with Crippen LogP contribution in [0.25, 0.3) is 0 Å². The fraction of sp³-hybridized carbons (Fsp3) is 0.769. The highest BCUT2D eigenvalue weighted by molar-refractivity contribution is 5.09. The van der Waals surface area contributed by atoms with E-state index in [2.05, 4.69) is 17.4 Å². The summed E-state index contributed by atoms with van der Waals surface area (Å²) in [5, 5.41) is 4.24. The van der Waals surface area contributed by atoms with Gasteiger partial charge in [-0.2, -0.15) is 5.10 Å². The van der Waals surface area contributed by atoms with Crippen molar-refractivity contribution < 1.29 is 8.78 Å². The molecule has 1 aromatic rings. The van der Waals surface area contributed by atoms with Crippen molar-refractivity contribution in [1.29, 1.82) is 0 Å². The third kappa shape index (κ3) is 3.30. The Labute approximate surface area is 112 Å². The molecule has 3 N–H and O–H groups in total. The zero-order chi connectivity index (χ0) is 13.9. The Morgan fingerprint density at radius 2 is 2.42 bits per heavy atom. The molecule has 0 aromatic carbocycles. The molecule has 1 aliphatic rings. The van der Waals surface area contributed by atoms with Crippen LogP contribution in [0.5, 0.6) is 0 Å². The van der Waals surface area contributed by atoms with Gasteiger partial charge in [0.2, 0.25) is 5.92 Å². The molecule has 1 saturated carbocycles. The molecule has 1 heterocycles. The summed E-state index contributed by atoms with van der Waals surface area (Å²) in [6.45, 7) is 2.84. The van der Waals surface area contributed by atoms with Crippen LogP contribution >= 0.6 is 0 Å². The quantitative estimate of drug-likeness (QED) is 0.640. The van der Waals surface area contributed by atoms with Gasteiger partial charge in [0.25, 0.3) is 0 Å². The number of alkyl halides is 2. The lowest BCUT2D eigenvalue weighted by Gasteiger charge is -2.34. The molecule has 2 rings (SSSR count). The van der Waals surface area contributed by atoms with Gasteiger partial charge < -0.3 is 0 Å². The molecule has 0 spiro atoms. The van der Waals surface area contributed by atoms with E-state index >= 15 is 0 Å². The van der Waals surface area contributed by atoms with E-state index in [9.17, 15) is 8.78 Å². The highest BCUT2D eigenvalue weighted by atomic mass is 19.3. The second kappa shape index (κ2) is 5.96. The van der Waals surface area contributed by atoms with Crippen molar-refractivity contribution >= 4 is 0 Å². The van der Waals surface area contributed by atoms with Crippen LogP contribution in [0.1, 0.15) is 50.8 Å². The van der Waals surface area contributed by atoms with Gasteiger partial charge in [0, 0.05) is 25.6 Å². The second-order valence-corrected chi connectivity index (χ2v) is 5.34. The summed E-state index contributed by atoms with van der Waals surface area (Å²) in [5.41, 5.74) is 3.63. The van der Waals surface area contributed by atoms with E-state index in [1.807, 2.05) is 10.7 Å². The number of hydrogen-bond acceptors (Lipinski definition) is 3. The zero-order valence-corrected chi connectivity index (χ0v) is 11.3. The van der Waals surface area contributed by atoms with Gasteiger partial charge >= 0.3 is 0 Å². The van der Waals surface area contributed by atoms with Gasteiger partial charge in [-0.25, -0.2) is 8.78 Å². The van der Waals surface area contributed by atoms with Gasteiger partial charge in [-0.05, 0) is 31.2 Å². The first-order valence-electron chi connectivity index (χ1n) is 6.93. The van der Waals surface area contributed by atoms with Crippen LogP contribution in [0.2, 0.25) is 0 Å². The lowest BCUT2D eigenvalue weighted by Crippen LogP contribution is -2.39. The molecule has 108 valence electrons. The molecule has 4 nitrogen and oxygen atoms in total. The molecule has 0 amide bonds. The maximum absolute atomic E-state index is 13.6. The fourth-order valence-electron chi connectivity index (χ4n) is 2.96. The van der Waals surface area contributed by atoms with E-state index in [0.29, 0.717) is 6.42 Å². The van der Waals surface area contributed by atoms with Gasteiger partial charge in [-0.1, -0.05) is 6.92 Å². The number of hydrogen-bond donors (Lipinski definition) is 2. The minimum atomic E-state index is -2.56. The maximum Gasteiger partial charge on any atom is 0.248 e. The average molecular weight is 272 g/mol. The second-order valence-electron chi connectivity index (χ2n) is 5.34. The summed E-state index contributed by atoms with van der Waals surface area (Å²) in [6.07, 6.45) is 3.89. The maximum atomic E-state index is 13.6. The number of hydrazine groups is 1. The summed E-state index contributed by atoms with van der Waals surface area (Å²) in [6, 6.07) is 1.62. The van der Waals surface area contributed by atoms with Gasteiger partial charge in [0.1, 0.15) is 0 Å². The average Bonchev–Trinajstić information content (AvgIpc) is 2.78. The van der Waals surface area contributed by atoms with Gasteiger partial charge in [0.15, 0.2) is 0 Å². The molecule has 19 heavy (non-hydrogen) atoms. The van der Waals surface area contributed by atoms with E-state index in [4.69, 9.17) is 5.84 Å². The van der Waals surface area contributed by atoms with Crippen molar-refractivity contribution in [2.24, 2.45) is 11.8 Å². The minimum Gasteiger partial charge on any atom is -0.271 e. The molecular weight excluding hydrogens is 250 g/mol. The number of nitrogens with two attached hydrogens (primary N) is 1. The lowest BCUT2D eigenvalue weighted by molar-refractivity contribution is -0.0588. The van der Waals surface area contributed by atoms with Crippen LogP contribution in [0.15, 0.2) is 12.3 Å². The summed E-state index contributed by atoms with van der Waals surface area (Å²) in [4.78, 5) is 0. The number of aryl methyl sites for hydroxylation is 1. The topological polar surface area (TPSA) is 55.9 Å². The molecule has 1 aromatic heterocycles. The Kier molecular flexibility index (Phi) is 4.52. The molecule has 2 atom stereocenters. The molecular formula is C13H22F2N4. The van der Waals surface area contributed by atoms with Crippen LogP contribution in [-0.2, 0) is 6.54 Å². The summed E-state index contributed by atoms with van der Waals surface area (Å²) in [7, 11) is 0. The summed E-state index contributed by atoms with van der Waals surface area (Å²) in [5.74, 6) is 2.91. The molecule has 0 saturated heterocycles. The van der Waals surface area contributed by atoms with E-state index < -0.39 is 5.92 Å². The highest BCUT2D eigenvalue weighted by Gasteiger charge is 2.40. The van der Waals surface area contributed by atoms with E-state index in [1.165, 1.54) is 0 Å². The molecule has 1 fully saturated rings. The Morgan fingerprint density at radius 1 is 1.63 bits per heavy atom. The third-order valence-corrected chi connectivity index (χ3v) is 3.83. The van der Waals surface area contributed by atoms with Crippen molar-refractivity contribution in [3.05, 3.63) is 18.0 Å². The molecule has 0 aliphatic heterocycles. The fourth-order valence-corrected chi connectivity index (χ4v) is 2.96. The Hall–Kier alpha value is -1.01. The number of halogens is 2. The van der Waals surface area contributed by atoms with Gasteiger partial charge in [-0.15, -0.1) is 0 Å². The first-order valence-corrected chi connectivity index (χ1v) is 6.93. The number of rotatable bonds is 5. The Balaban J connectivity index is 2.17. The van der Waals surface area contributed by atoms with Crippen molar-refractivity contribution in [2.75, 3.05) is 0 Å². The van der Waals surface area contributed by atoms with E-state index in [-0.39, 0.29) is 24.8 Å². The normalized spacial score (nSPS) is 24.3. The molecule has 0 bridgehead atoms. The SMILES string of the molecule is CCCn1nccc1C(NN)C1CCCC(F)(F)C1. The standard InChI is InChI=1S/C13H22F2N4/c1-2-8-19-11(5-7-17-19)12(18-16)10-4-3-6-13(14,15)9-10/h5,7,10,12,18H,2-4,6,8-9,16H2,1H3. The highest BCUT2D eigenvalue weighted by Crippen LogP contribution is 2.41. The van der Waals surface area contributed by atoms with Crippen molar-refractivity contribution in [1.82, 2.24) is 15.2 Å². The van der Waals surface area contributed by atoms with Crippen LogP contribution < -0.4 is 11.3 Å². The Bertz CT molecular complexity index is 405. The third-order valence-electron chi connectivity index (χ3n) is 3.83. The first kappa shape index (κ1) is 14.4. The summed E-state index contributed by atoms with van der Waals surface area (Å²) >= 11 is 0. The first-order chi connectivity index (χ1) is 9.07. The van der Waals surface area contributed by atoms with Crippen molar-refractivity contribution in [2.45, 2.75) is 57.5 Å². The summed E-state index contributed by atoms with van der Waals surface area (Å²) < 4.78 is 29.0. The molecule has 0 radical (unpaired) electrons. The predicted octanol–water partition coefficient (Wildman–Crippen LogP) is 2.62. The molecule has 1 aliphatic carbocycles. The van der Waals surface area contributed by atoms with Crippen molar-refractivity contribution in [3.63, 3.8) is 0 Å². The largest absolute Gasteiger partial charge is 0.271 e. The smallest absolute Gasteiger partial charge is 0.248 e. The lowest BCUT2D eigenvalue weighted by atomic mass is 9.81. The van der Waals surface area contributed by atoms with Gasteiger partial charge in [0.05, 0.1) is 11.7 Å². The van der Waals surface area contributed by atoms with Gasteiger partial charge in [-0.3, -0.25) is 16.0 Å². The minimum absolute atomic E-state index is 0.00495. The van der Waals surface area contributed by atoms with Crippen LogP contribution in [0, 0.1) is 5.92 Å². The zero-order valence-electron chi connectivity index (χ0n) is 11.3. The van der Waals surface area contributed by atoms with Crippen LogP contribution in [0.3, 0.4) is 0 Å². The number of nitrogens with zero attached hydrogens (tertiary/aromatic N) is 2. The predicted molar refractivity (Wildman–Crippen MR) is 69.5 cm³/mol. The van der Waals surface area contributed by atoms with Crippen LogP contribution in [0.4, 0.5) is 8.78 Å². The number of nitrogens with one attached hydrogen (secondary N) is 1. The van der Waals surface area contributed by atoms with E-state index in [0.717, 1.165) is 25.1 Å². The monoisotopic (exact) mass is 272 g/mol. The Morgan fingerprint density at radius 3 is 3.05 bits per heavy atom. The molecule has 6 heteroatoms. The van der Waals surface area contributed by atoms with Crippen LogP contribution in [-0.4, -0.2) is 15.7 Å². The number of aromatic nitrogens is 2. The van der Waals surface area contributed by atoms with E-state index in [1.54, 1.807) is 6.20 Å².